The van der Waals surface area contributed by atoms with Crippen molar-refractivity contribution in [3.05, 3.63) is 35.7 Å². The summed E-state index contributed by atoms with van der Waals surface area (Å²) in [6, 6.07) is 4.92. The van der Waals surface area contributed by atoms with Crippen LogP contribution in [0.2, 0.25) is 0 Å². The van der Waals surface area contributed by atoms with Crippen molar-refractivity contribution < 1.29 is 18.0 Å². The SMILES string of the molecule is Cc1cc(C(=O)N2CCCC(C(F)(F)F)C2)ccc1-n1cnnn1. The Morgan fingerprint density at radius 1 is 1.33 bits per heavy atom. The maximum absolute atomic E-state index is 12.9. The lowest BCUT2D eigenvalue weighted by Crippen LogP contribution is -2.44. The fourth-order valence-corrected chi connectivity index (χ4v) is 2.93. The van der Waals surface area contributed by atoms with Crippen molar-refractivity contribution in [2.75, 3.05) is 13.1 Å². The topological polar surface area (TPSA) is 63.9 Å². The number of hydrogen-bond acceptors (Lipinski definition) is 4. The summed E-state index contributed by atoms with van der Waals surface area (Å²) >= 11 is 0. The number of benzene rings is 1. The summed E-state index contributed by atoms with van der Waals surface area (Å²) in [6.45, 7) is 1.86. The van der Waals surface area contributed by atoms with Gasteiger partial charge in [-0.05, 0) is 54.0 Å². The fourth-order valence-electron chi connectivity index (χ4n) is 2.93. The highest BCUT2D eigenvalue weighted by Crippen LogP contribution is 2.33. The number of hydrogen-bond donors (Lipinski definition) is 0. The summed E-state index contributed by atoms with van der Waals surface area (Å²) < 4.78 is 40.1. The first kappa shape index (κ1) is 16.4. The zero-order valence-electron chi connectivity index (χ0n) is 13.0. The second-order valence-electron chi connectivity index (χ2n) is 5.89. The predicted octanol–water partition coefficient (Wildman–Crippen LogP) is 2.39. The molecule has 0 N–H and O–H groups in total. The van der Waals surface area contributed by atoms with E-state index in [0.717, 1.165) is 5.56 Å². The summed E-state index contributed by atoms with van der Waals surface area (Å²) in [6.07, 6.45) is -2.40. The van der Waals surface area contributed by atoms with E-state index in [2.05, 4.69) is 15.5 Å². The molecule has 1 aliphatic heterocycles. The van der Waals surface area contributed by atoms with Gasteiger partial charge in [0.15, 0.2) is 0 Å². The van der Waals surface area contributed by atoms with Crippen LogP contribution >= 0.6 is 0 Å². The van der Waals surface area contributed by atoms with Gasteiger partial charge in [-0.25, -0.2) is 4.68 Å². The van der Waals surface area contributed by atoms with E-state index >= 15 is 0 Å². The molecule has 9 heteroatoms. The van der Waals surface area contributed by atoms with Crippen LogP contribution in [0.5, 0.6) is 0 Å². The number of carbonyl (C=O) groups excluding carboxylic acids is 1. The number of likely N-dealkylation sites (tertiary alicyclic amines) is 1. The molecule has 1 aliphatic rings. The largest absolute Gasteiger partial charge is 0.393 e. The Kier molecular flexibility index (Phi) is 4.25. The van der Waals surface area contributed by atoms with Gasteiger partial charge in [0.2, 0.25) is 0 Å². The molecular formula is C15H16F3N5O. The predicted molar refractivity (Wildman–Crippen MR) is 78.6 cm³/mol. The maximum atomic E-state index is 12.9. The van der Waals surface area contributed by atoms with Crippen LogP contribution in [0, 0.1) is 12.8 Å². The Labute approximate surface area is 136 Å². The van der Waals surface area contributed by atoms with Gasteiger partial charge in [0.1, 0.15) is 6.33 Å². The van der Waals surface area contributed by atoms with Crippen LogP contribution in [0.25, 0.3) is 5.69 Å². The lowest BCUT2D eigenvalue weighted by Gasteiger charge is -2.33. The van der Waals surface area contributed by atoms with Crippen molar-refractivity contribution in [1.82, 2.24) is 25.1 Å². The molecule has 6 nitrogen and oxygen atoms in total. The third-order valence-electron chi connectivity index (χ3n) is 4.21. The van der Waals surface area contributed by atoms with Crippen LogP contribution in [0.15, 0.2) is 24.5 Å². The third-order valence-corrected chi connectivity index (χ3v) is 4.21. The van der Waals surface area contributed by atoms with Gasteiger partial charge in [-0.3, -0.25) is 4.79 Å². The van der Waals surface area contributed by atoms with Crippen molar-refractivity contribution in [3.63, 3.8) is 0 Å². The average molecular weight is 339 g/mol. The summed E-state index contributed by atoms with van der Waals surface area (Å²) in [4.78, 5) is 13.8. The number of carbonyl (C=O) groups is 1. The highest BCUT2D eigenvalue weighted by atomic mass is 19.4. The molecule has 24 heavy (non-hydrogen) atoms. The van der Waals surface area contributed by atoms with Crippen LogP contribution in [0.1, 0.15) is 28.8 Å². The van der Waals surface area contributed by atoms with Crippen molar-refractivity contribution in [2.45, 2.75) is 25.9 Å². The first-order valence-electron chi connectivity index (χ1n) is 7.56. The summed E-state index contributed by atoms with van der Waals surface area (Å²) in [5, 5.41) is 10.9. The van der Waals surface area contributed by atoms with E-state index in [0.29, 0.717) is 24.2 Å². The smallest absolute Gasteiger partial charge is 0.338 e. The second-order valence-corrected chi connectivity index (χ2v) is 5.89. The fraction of sp³-hybridized carbons (Fsp3) is 0.467. The molecule has 3 rings (SSSR count). The zero-order chi connectivity index (χ0) is 17.3. The van der Waals surface area contributed by atoms with E-state index < -0.39 is 12.1 Å². The number of piperidine rings is 1. The molecule has 128 valence electrons. The molecule has 1 saturated heterocycles. The van der Waals surface area contributed by atoms with Gasteiger partial charge < -0.3 is 4.90 Å². The lowest BCUT2D eigenvalue weighted by molar-refractivity contribution is -0.184. The molecule has 2 heterocycles. The van der Waals surface area contributed by atoms with E-state index in [9.17, 15) is 18.0 Å². The molecule has 1 aromatic carbocycles. The number of aromatic nitrogens is 4. The van der Waals surface area contributed by atoms with Crippen LogP contribution in [0.3, 0.4) is 0 Å². The number of amides is 1. The summed E-state index contributed by atoms with van der Waals surface area (Å²) in [7, 11) is 0. The van der Waals surface area contributed by atoms with Crippen LogP contribution in [0.4, 0.5) is 13.2 Å². The van der Waals surface area contributed by atoms with Gasteiger partial charge in [0, 0.05) is 18.7 Å². The minimum Gasteiger partial charge on any atom is -0.338 e. The first-order valence-corrected chi connectivity index (χ1v) is 7.56. The van der Waals surface area contributed by atoms with E-state index in [4.69, 9.17) is 0 Å². The molecular weight excluding hydrogens is 323 g/mol. The van der Waals surface area contributed by atoms with Gasteiger partial charge in [-0.1, -0.05) is 0 Å². The Hall–Kier alpha value is -2.45. The minimum atomic E-state index is -4.27. The lowest BCUT2D eigenvalue weighted by atomic mass is 9.96. The number of halogens is 3. The molecule has 1 aromatic heterocycles. The Balaban J connectivity index is 1.79. The standard InChI is InChI=1S/C15H16F3N5O/c1-10-7-11(4-5-13(10)23-9-19-20-21-23)14(24)22-6-2-3-12(8-22)15(16,17)18/h4-5,7,9,12H,2-3,6,8H2,1H3. The van der Waals surface area contributed by atoms with Gasteiger partial charge in [-0.15, -0.1) is 5.10 Å². The van der Waals surface area contributed by atoms with Crippen molar-refractivity contribution in [1.29, 1.82) is 0 Å². The highest BCUT2D eigenvalue weighted by molar-refractivity contribution is 5.94. The minimum absolute atomic E-state index is 0.0740. The second kappa shape index (κ2) is 6.21. The van der Waals surface area contributed by atoms with Crippen LogP contribution in [-0.2, 0) is 0 Å². The molecule has 0 spiro atoms. The molecule has 0 aliphatic carbocycles. The monoisotopic (exact) mass is 339 g/mol. The Morgan fingerprint density at radius 2 is 2.12 bits per heavy atom. The number of tetrazole rings is 1. The van der Waals surface area contributed by atoms with Crippen molar-refractivity contribution in [2.24, 2.45) is 5.92 Å². The quantitative estimate of drug-likeness (QED) is 0.843. The number of aryl methyl sites for hydroxylation is 1. The normalized spacial score (nSPS) is 18.7. The van der Waals surface area contributed by atoms with E-state index in [1.807, 2.05) is 0 Å². The van der Waals surface area contributed by atoms with E-state index in [1.165, 1.54) is 15.9 Å². The molecule has 0 saturated carbocycles. The van der Waals surface area contributed by atoms with E-state index in [-0.39, 0.29) is 18.9 Å². The van der Waals surface area contributed by atoms with Gasteiger partial charge >= 0.3 is 6.18 Å². The van der Waals surface area contributed by atoms with Gasteiger partial charge in [-0.2, -0.15) is 13.2 Å². The van der Waals surface area contributed by atoms with Crippen molar-refractivity contribution in [3.8, 4) is 5.69 Å². The molecule has 2 aromatic rings. The molecule has 1 amide bonds. The number of alkyl halides is 3. The first-order chi connectivity index (χ1) is 11.4. The molecule has 1 unspecified atom stereocenters. The average Bonchev–Trinajstić information content (AvgIpc) is 3.07. The molecule has 1 atom stereocenters. The molecule has 0 radical (unpaired) electrons. The third kappa shape index (κ3) is 3.24. The number of rotatable bonds is 2. The molecule has 1 fully saturated rings. The van der Waals surface area contributed by atoms with E-state index in [1.54, 1.807) is 25.1 Å². The summed E-state index contributed by atoms with van der Waals surface area (Å²) in [5.74, 6) is -1.83. The summed E-state index contributed by atoms with van der Waals surface area (Å²) in [5.41, 5.74) is 1.84. The van der Waals surface area contributed by atoms with Gasteiger partial charge in [0.25, 0.3) is 5.91 Å². The van der Waals surface area contributed by atoms with Crippen LogP contribution in [-0.4, -0.2) is 50.3 Å². The maximum Gasteiger partial charge on any atom is 0.393 e. The van der Waals surface area contributed by atoms with Crippen LogP contribution < -0.4 is 0 Å². The van der Waals surface area contributed by atoms with Gasteiger partial charge in [0.05, 0.1) is 11.6 Å². The zero-order valence-corrected chi connectivity index (χ0v) is 13.0. The Bertz CT molecular complexity index is 729. The number of nitrogens with zero attached hydrogens (tertiary/aromatic N) is 5. The highest BCUT2D eigenvalue weighted by Gasteiger charge is 2.42. The molecule has 0 bridgehead atoms. The van der Waals surface area contributed by atoms with Crippen molar-refractivity contribution >= 4 is 5.91 Å². The Morgan fingerprint density at radius 3 is 2.75 bits per heavy atom.